The van der Waals surface area contributed by atoms with Gasteiger partial charge in [-0.2, -0.15) is 8.78 Å². The maximum absolute atomic E-state index is 12.5. The summed E-state index contributed by atoms with van der Waals surface area (Å²) in [6.07, 6.45) is 0. The van der Waals surface area contributed by atoms with E-state index in [1.807, 2.05) is 0 Å². The molecule has 0 saturated heterocycles. The molecule has 0 radical (unpaired) electrons. The van der Waals surface area contributed by atoms with Crippen molar-refractivity contribution < 1.29 is 33.0 Å². The maximum atomic E-state index is 12.5. The zero-order valence-corrected chi connectivity index (χ0v) is 15.0. The monoisotopic (exact) mass is 379 g/mol. The third-order valence-corrected chi connectivity index (χ3v) is 4.04. The van der Waals surface area contributed by atoms with Gasteiger partial charge in [0.2, 0.25) is 0 Å². The molecule has 1 amide bonds. The number of ether oxygens (including phenoxy) is 2. The summed E-state index contributed by atoms with van der Waals surface area (Å²) in [4.78, 5) is 23.6. The Morgan fingerprint density at radius 1 is 1.07 bits per heavy atom. The number of benzene rings is 2. The van der Waals surface area contributed by atoms with Gasteiger partial charge in [0.25, 0.3) is 5.91 Å². The van der Waals surface area contributed by atoms with Crippen molar-refractivity contribution in [1.82, 2.24) is 0 Å². The fourth-order valence-electron chi connectivity index (χ4n) is 2.30. The Balaban J connectivity index is 2.19. The highest BCUT2D eigenvalue weighted by molar-refractivity contribution is 6.04. The van der Waals surface area contributed by atoms with Gasteiger partial charge in [0.05, 0.1) is 12.5 Å². The van der Waals surface area contributed by atoms with E-state index in [4.69, 9.17) is 4.74 Å². The summed E-state index contributed by atoms with van der Waals surface area (Å²) < 4.78 is 34.3. The lowest BCUT2D eigenvalue weighted by Crippen LogP contribution is -2.28. The summed E-state index contributed by atoms with van der Waals surface area (Å²) in [5, 5.41) is 11.9. The summed E-state index contributed by atoms with van der Waals surface area (Å²) in [7, 11) is 1.30. The molecule has 0 spiro atoms. The zero-order valence-electron chi connectivity index (χ0n) is 15.0. The number of halogens is 2. The van der Waals surface area contributed by atoms with E-state index in [0.717, 1.165) is 6.07 Å². The minimum atomic E-state index is -3.05. The predicted molar refractivity (Wildman–Crippen MR) is 94.7 cm³/mol. The van der Waals surface area contributed by atoms with Gasteiger partial charge in [0.1, 0.15) is 0 Å². The van der Waals surface area contributed by atoms with Crippen LogP contribution in [0.5, 0.6) is 11.5 Å². The van der Waals surface area contributed by atoms with Gasteiger partial charge >= 0.3 is 12.6 Å². The molecule has 8 heteroatoms. The van der Waals surface area contributed by atoms with Crippen LogP contribution >= 0.6 is 0 Å². The van der Waals surface area contributed by atoms with Crippen LogP contribution in [0.25, 0.3) is 0 Å². The maximum Gasteiger partial charge on any atom is 0.387 e. The van der Waals surface area contributed by atoms with Gasteiger partial charge < -0.3 is 19.9 Å². The number of nitrogens with one attached hydrogen (secondary N) is 1. The van der Waals surface area contributed by atoms with Crippen molar-refractivity contribution >= 4 is 17.6 Å². The van der Waals surface area contributed by atoms with Crippen LogP contribution < -0.4 is 14.8 Å². The fourth-order valence-corrected chi connectivity index (χ4v) is 2.30. The van der Waals surface area contributed by atoms with Crippen LogP contribution in [-0.2, 0) is 10.2 Å². The van der Waals surface area contributed by atoms with Gasteiger partial charge in [-0.25, -0.2) is 0 Å². The van der Waals surface area contributed by atoms with Crippen molar-refractivity contribution in [2.75, 3.05) is 12.4 Å². The molecule has 0 bridgehead atoms. The average molecular weight is 379 g/mol. The molecule has 0 aromatic heterocycles. The highest BCUT2D eigenvalue weighted by Gasteiger charge is 2.29. The number of carboxylic acid groups (broad SMARTS) is 1. The van der Waals surface area contributed by atoms with Crippen LogP contribution in [0.4, 0.5) is 14.5 Å². The van der Waals surface area contributed by atoms with Crippen LogP contribution in [0.15, 0.2) is 42.5 Å². The third kappa shape index (κ3) is 4.72. The van der Waals surface area contributed by atoms with Crippen molar-refractivity contribution in [3.05, 3.63) is 53.6 Å². The van der Waals surface area contributed by atoms with Gasteiger partial charge in [-0.1, -0.05) is 12.1 Å². The number of alkyl halides is 2. The Hall–Kier alpha value is -3.16. The van der Waals surface area contributed by atoms with Gasteiger partial charge in [-0.3, -0.25) is 9.59 Å². The molecule has 2 aromatic carbocycles. The van der Waals surface area contributed by atoms with Gasteiger partial charge in [0.15, 0.2) is 11.5 Å². The summed E-state index contributed by atoms with van der Waals surface area (Å²) in [5.74, 6) is -1.68. The minimum absolute atomic E-state index is 0.0760. The van der Waals surface area contributed by atoms with Crippen molar-refractivity contribution in [1.29, 1.82) is 0 Å². The topological polar surface area (TPSA) is 84.9 Å². The predicted octanol–water partition coefficient (Wildman–Crippen LogP) is 3.91. The number of amides is 1. The first-order valence-electron chi connectivity index (χ1n) is 7.93. The minimum Gasteiger partial charge on any atom is -0.493 e. The molecule has 0 unspecified atom stereocenters. The SMILES string of the molecule is COc1ccc(C(=O)Nc2ccc(C(C)(C)C(=O)O)cc2)cc1OC(F)F. The summed E-state index contributed by atoms with van der Waals surface area (Å²) in [6.45, 7) is 0.0951. The van der Waals surface area contributed by atoms with Gasteiger partial charge in [0, 0.05) is 11.3 Å². The van der Waals surface area contributed by atoms with E-state index in [0.29, 0.717) is 11.3 Å². The Kier molecular flexibility index (Phi) is 5.99. The summed E-state index contributed by atoms with van der Waals surface area (Å²) in [5.41, 5.74) is 0.0311. The second-order valence-electron chi connectivity index (χ2n) is 6.21. The first kappa shape index (κ1) is 20.2. The van der Waals surface area contributed by atoms with Crippen LogP contribution in [0, 0.1) is 0 Å². The van der Waals surface area contributed by atoms with E-state index >= 15 is 0 Å². The fraction of sp³-hybridized carbons (Fsp3) is 0.263. The zero-order chi connectivity index (χ0) is 20.2. The average Bonchev–Trinajstić information content (AvgIpc) is 2.61. The van der Waals surface area contributed by atoms with E-state index in [1.165, 1.54) is 19.2 Å². The highest BCUT2D eigenvalue weighted by Crippen LogP contribution is 2.30. The molecular formula is C19H19F2NO5. The van der Waals surface area contributed by atoms with Crippen molar-refractivity contribution in [2.24, 2.45) is 0 Å². The van der Waals surface area contributed by atoms with Crippen LogP contribution in [0.2, 0.25) is 0 Å². The molecule has 27 heavy (non-hydrogen) atoms. The van der Waals surface area contributed by atoms with Gasteiger partial charge in [-0.15, -0.1) is 0 Å². The number of anilines is 1. The molecule has 0 saturated carbocycles. The smallest absolute Gasteiger partial charge is 0.387 e. The van der Waals surface area contributed by atoms with Crippen molar-refractivity contribution in [2.45, 2.75) is 25.9 Å². The Morgan fingerprint density at radius 2 is 1.70 bits per heavy atom. The Morgan fingerprint density at radius 3 is 2.22 bits per heavy atom. The number of hydrogen-bond acceptors (Lipinski definition) is 4. The molecule has 2 rings (SSSR count). The molecule has 144 valence electrons. The molecule has 0 aliphatic rings. The number of hydrogen-bond donors (Lipinski definition) is 2. The second-order valence-corrected chi connectivity index (χ2v) is 6.21. The second kappa shape index (κ2) is 8.03. The third-order valence-electron chi connectivity index (χ3n) is 4.04. The summed E-state index contributed by atoms with van der Waals surface area (Å²) in [6, 6.07) is 10.3. The number of methoxy groups -OCH3 is 1. The molecule has 0 fully saturated rings. The normalized spacial score (nSPS) is 11.2. The highest BCUT2D eigenvalue weighted by atomic mass is 19.3. The van der Waals surface area contributed by atoms with E-state index in [1.54, 1.807) is 38.1 Å². The molecule has 6 nitrogen and oxygen atoms in total. The lowest BCUT2D eigenvalue weighted by molar-refractivity contribution is -0.142. The number of aliphatic carboxylic acids is 1. The molecule has 0 aliphatic heterocycles. The van der Waals surface area contributed by atoms with Crippen molar-refractivity contribution in [3.63, 3.8) is 0 Å². The Labute approximate surface area is 154 Å². The van der Waals surface area contributed by atoms with Gasteiger partial charge in [-0.05, 0) is 49.7 Å². The molecule has 0 atom stereocenters. The number of rotatable bonds is 7. The van der Waals surface area contributed by atoms with E-state index in [-0.39, 0.29) is 17.1 Å². The number of carbonyl (C=O) groups is 2. The molecule has 2 aromatic rings. The lowest BCUT2D eigenvalue weighted by Gasteiger charge is -2.20. The van der Waals surface area contributed by atoms with Crippen LogP contribution in [0.1, 0.15) is 29.8 Å². The van der Waals surface area contributed by atoms with E-state index < -0.39 is 23.9 Å². The molecule has 2 N–H and O–H groups in total. The summed E-state index contributed by atoms with van der Waals surface area (Å²) >= 11 is 0. The lowest BCUT2D eigenvalue weighted by atomic mass is 9.85. The van der Waals surface area contributed by atoms with Crippen LogP contribution in [-0.4, -0.2) is 30.7 Å². The van der Waals surface area contributed by atoms with Crippen molar-refractivity contribution in [3.8, 4) is 11.5 Å². The standard InChI is InChI=1S/C19H19F2NO5/c1-19(2,17(24)25)12-5-7-13(8-6-12)22-16(23)11-4-9-14(26-3)15(10-11)27-18(20)21/h4-10,18H,1-3H3,(H,22,23)(H,24,25). The molecule has 0 heterocycles. The number of carboxylic acids is 1. The molecule has 0 aliphatic carbocycles. The first-order valence-corrected chi connectivity index (χ1v) is 7.93. The van der Waals surface area contributed by atoms with Crippen LogP contribution in [0.3, 0.4) is 0 Å². The van der Waals surface area contributed by atoms with E-state index in [9.17, 15) is 23.5 Å². The van der Waals surface area contributed by atoms with E-state index in [2.05, 4.69) is 10.1 Å². The Bertz CT molecular complexity index is 834. The first-order chi connectivity index (χ1) is 12.6. The largest absolute Gasteiger partial charge is 0.493 e. The quantitative estimate of drug-likeness (QED) is 0.762. The number of carbonyl (C=O) groups excluding carboxylic acids is 1. The molecular weight excluding hydrogens is 360 g/mol.